The quantitative estimate of drug-likeness (QED) is 0.521. The number of ether oxygens (including phenoxy) is 2. The van der Waals surface area contributed by atoms with Crippen molar-refractivity contribution >= 4 is 5.96 Å². The van der Waals surface area contributed by atoms with Gasteiger partial charge in [0.1, 0.15) is 5.75 Å². The molecule has 1 fully saturated rings. The lowest BCUT2D eigenvalue weighted by Crippen LogP contribution is -2.43. The number of nitrogens with one attached hydrogen (secondary N) is 2. The first kappa shape index (κ1) is 20.6. The van der Waals surface area contributed by atoms with E-state index >= 15 is 0 Å². The summed E-state index contributed by atoms with van der Waals surface area (Å²) in [7, 11) is 3.49. The van der Waals surface area contributed by atoms with Gasteiger partial charge in [0, 0.05) is 26.8 Å². The van der Waals surface area contributed by atoms with Crippen molar-refractivity contribution in [1.29, 1.82) is 0 Å². The highest BCUT2D eigenvalue weighted by Gasteiger charge is 2.33. The molecule has 146 valence electrons. The fourth-order valence-corrected chi connectivity index (χ4v) is 3.78. The molecular weight excluding hydrogens is 326 g/mol. The summed E-state index contributed by atoms with van der Waals surface area (Å²) in [4.78, 5) is 4.78. The van der Waals surface area contributed by atoms with Gasteiger partial charge in [-0.25, -0.2) is 4.99 Å². The number of methoxy groups -OCH3 is 2. The Morgan fingerprint density at radius 2 is 1.92 bits per heavy atom. The number of guanidine groups is 1. The van der Waals surface area contributed by atoms with Crippen LogP contribution in [-0.4, -0.2) is 39.9 Å². The SMILES string of the molecule is CCNC(=NCc1cc(C)cc(OC)c1)NCC1(CCOC)CCCC1. The Balaban J connectivity index is 2.00. The van der Waals surface area contributed by atoms with Gasteiger partial charge in [0.2, 0.25) is 0 Å². The molecule has 0 saturated heterocycles. The molecular formula is C21H35N3O2. The van der Waals surface area contributed by atoms with Crippen LogP contribution in [0.5, 0.6) is 5.75 Å². The summed E-state index contributed by atoms with van der Waals surface area (Å²) in [6.07, 6.45) is 6.31. The number of aryl methyl sites for hydroxylation is 1. The standard InChI is InChI=1S/C21H35N3O2/c1-5-22-20(23-15-18-12-17(2)13-19(14-18)26-4)24-16-21(10-11-25-3)8-6-7-9-21/h12-14H,5-11,15-16H2,1-4H3,(H2,22,23,24). The number of rotatable bonds is 9. The van der Waals surface area contributed by atoms with E-state index in [1.54, 1.807) is 14.2 Å². The minimum atomic E-state index is 0.346. The molecule has 1 saturated carbocycles. The molecule has 1 aromatic carbocycles. The Kier molecular flexibility index (Phi) is 8.23. The third-order valence-electron chi connectivity index (χ3n) is 5.24. The van der Waals surface area contributed by atoms with E-state index in [0.29, 0.717) is 12.0 Å². The second-order valence-electron chi connectivity index (χ2n) is 7.36. The molecule has 0 heterocycles. The van der Waals surface area contributed by atoms with Gasteiger partial charge in [-0.15, -0.1) is 0 Å². The molecule has 0 amide bonds. The summed E-state index contributed by atoms with van der Waals surface area (Å²) in [6.45, 7) is 7.46. The first-order chi connectivity index (χ1) is 12.6. The van der Waals surface area contributed by atoms with Gasteiger partial charge in [0.25, 0.3) is 0 Å². The van der Waals surface area contributed by atoms with Gasteiger partial charge < -0.3 is 20.1 Å². The van der Waals surface area contributed by atoms with Gasteiger partial charge in [-0.05, 0) is 61.8 Å². The molecule has 0 aromatic heterocycles. The predicted molar refractivity (Wildman–Crippen MR) is 108 cm³/mol. The van der Waals surface area contributed by atoms with Crippen LogP contribution in [0.1, 0.15) is 50.2 Å². The van der Waals surface area contributed by atoms with E-state index in [0.717, 1.165) is 43.4 Å². The van der Waals surface area contributed by atoms with E-state index in [-0.39, 0.29) is 0 Å². The molecule has 0 bridgehead atoms. The molecule has 1 aliphatic rings. The monoisotopic (exact) mass is 361 g/mol. The van der Waals surface area contributed by atoms with E-state index in [2.05, 4.69) is 36.6 Å². The normalized spacial score (nSPS) is 16.5. The maximum absolute atomic E-state index is 5.36. The summed E-state index contributed by atoms with van der Waals surface area (Å²) in [5.41, 5.74) is 2.70. The lowest BCUT2D eigenvalue weighted by molar-refractivity contribution is 0.138. The minimum absolute atomic E-state index is 0.346. The van der Waals surface area contributed by atoms with Gasteiger partial charge in [-0.1, -0.05) is 18.9 Å². The molecule has 0 atom stereocenters. The van der Waals surface area contributed by atoms with E-state index in [4.69, 9.17) is 14.5 Å². The highest BCUT2D eigenvalue weighted by atomic mass is 16.5. The molecule has 1 aromatic rings. The zero-order valence-corrected chi connectivity index (χ0v) is 16.9. The van der Waals surface area contributed by atoms with E-state index in [1.807, 2.05) is 6.07 Å². The van der Waals surface area contributed by atoms with Crippen LogP contribution in [0, 0.1) is 12.3 Å². The molecule has 1 aliphatic carbocycles. The van der Waals surface area contributed by atoms with Crippen LogP contribution >= 0.6 is 0 Å². The zero-order valence-electron chi connectivity index (χ0n) is 16.9. The highest BCUT2D eigenvalue weighted by molar-refractivity contribution is 5.79. The Morgan fingerprint density at radius 3 is 2.58 bits per heavy atom. The van der Waals surface area contributed by atoms with Crippen molar-refractivity contribution in [3.8, 4) is 5.75 Å². The summed E-state index contributed by atoms with van der Waals surface area (Å²) in [5.74, 6) is 1.77. The van der Waals surface area contributed by atoms with Gasteiger partial charge in [0.15, 0.2) is 5.96 Å². The largest absolute Gasteiger partial charge is 0.497 e. The van der Waals surface area contributed by atoms with Crippen LogP contribution < -0.4 is 15.4 Å². The van der Waals surface area contributed by atoms with Crippen LogP contribution in [0.3, 0.4) is 0 Å². The van der Waals surface area contributed by atoms with Crippen molar-refractivity contribution in [2.45, 2.75) is 52.5 Å². The lowest BCUT2D eigenvalue weighted by atomic mass is 9.83. The van der Waals surface area contributed by atoms with Gasteiger partial charge in [-0.3, -0.25) is 0 Å². The second-order valence-corrected chi connectivity index (χ2v) is 7.36. The van der Waals surface area contributed by atoms with Crippen molar-refractivity contribution in [2.24, 2.45) is 10.4 Å². The van der Waals surface area contributed by atoms with Crippen LogP contribution in [0.4, 0.5) is 0 Å². The molecule has 0 aliphatic heterocycles. The van der Waals surface area contributed by atoms with Crippen molar-refractivity contribution < 1.29 is 9.47 Å². The van der Waals surface area contributed by atoms with E-state index < -0.39 is 0 Å². The maximum atomic E-state index is 5.36. The molecule has 2 N–H and O–H groups in total. The average molecular weight is 362 g/mol. The molecule has 0 radical (unpaired) electrons. The molecule has 0 unspecified atom stereocenters. The van der Waals surface area contributed by atoms with Gasteiger partial charge >= 0.3 is 0 Å². The second kappa shape index (κ2) is 10.4. The molecule has 26 heavy (non-hydrogen) atoms. The fourth-order valence-electron chi connectivity index (χ4n) is 3.78. The Morgan fingerprint density at radius 1 is 1.15 bits per heavy atom. The van der Waals surface area contributed by atoms with E-state index in [9.17, 15) is 0 Å². The minimum Gasteiger partial charge on any atom is -0.497 e. The highest BCUT2D eigenvalue weighted by Crippen LogP contribution is 2.40. The fraction of sp³-hybridized carbons (Fsp3) is 0.667. The van der Waals surface area contributed by atoms with E-state index in [1.165, 1.54) is 31.2 Å². The Bertz CT molecular complexity index is 581. The summed E-state index contributed by atoms with van der Waals surface area (Å²) >= 11 is 0. The topological polar surface area (TPSA) is 54.9 Å². The Hall–Kier alpha value is -1.75. The number of hydrogen-bond donors (Lipinski definition) is 2. The van der Waals surface area contributed by atoms with Crippen LogP contribution in [0.15, 0.2) is 23.2 Å². The van der Waals surface area contributed by atoms with Crippen molar-refractivity contribution in [3.05, 3.63) is 29.3 Å². The third kappa shape index (κ3) is 6.20. The van der Waals surface area contributed by atoms with Crippen LogP contribution in [0.25, 0.3) is 0 Å². The average Bonchev–Trinajstić information content (AvgIpc) is 3.11. The number of aliphatic imine (C=N–C) groups is 1. The molecule has 5 nitrogen and oxygen atoms in total. The van der Waals surface area contributed by atoms with Gasteiger partial charge in [-0.2, -0.15) is 0 Å². The molecule has 5 heteroatoms. The maximum Gasteiger partial charge on any atom is 0.191 e. The van der Waals surface area contributed by atoms with Gasteiger partial charge in [0.05, 0.1) is 13.7 Å². The Labute approximate surface area is 158 Å². The molecule has 0 spiro atoms. The molecule has 2 rings (SSSR count). The predicted octanol–water partition coefficient (Wildman–Crippen LogP) is 3.66. The number of benzene rings is 1. The number of nitrogens with zero attached hydrogens (tertiary/aromatic N) is 1. The van der Waals surface area contributed by atoms with Crippen molar-refractivity contribution in [2.75, 3.05) is 33.9 Å². The number of hydrogen-bond acceptors (Lipinski definition) is 3. The smallest absolute Gasteiger partial charge is 0.191 e. The summed E-state index contributed by atoms with van der Waals surface area (Å²) < 4.78 is 10.7. The lowest BCUT2D eigenvalue weighted by Gasteiger charge is -2.30. The van der Waals surface area contributed by atoms with Crippen molar-refractivity contribution in [3.63, 3.8) is 0 Å². The van der Waals surface area contributed by atoms with Crippen molar-refractivity contribution in [1.82, 2.24) is 10.6 Å². The first-order valence-electron chi connectivity index (χ1n) is 9.76. The first-order valence-corrected chi connectivity index (χ1v) is 9.76. The summed E-state index contributed by atoms with van der Waals surface area (Å²) in [6, 6.07) is 6.25. The van der Waals surface area contributed by atoms with Crippen LogP contribution in [-0.2, 0) is 11.3 Å². The zero-order chi connectivity index (χ0) is 18.8. The summed E-state index contributed by atoms with van der Waals surface area (Å²) in [5, 5.41) is 6.95. The van der Waals surface area contributed by atoms with Crippen LogP contribution in [0.2, 0.25) is 0 Å². The third-order valence-corrected chi connectivity index (χ3v) is 5.24.